The number of nitrogens with zero attached hydrogens (tertiary/aromatic N) is 1. The largest absolute Gasteiger partial charge is 0.465 e. The lowest BCUT2D eigenvalue weighted by Crippen LogP contribution is -2.45. The molecule has 0 aliphatic carbocycles. The zero-order valence-electron chi connectivity index (χ0n) is 19.7. The number of hydrogen-bond acceptors (Lipinski definition) is 6. The summed E-state index contributed by atoms with van der Waals surface area (Å²) in [6.07, 6.45) is 0.0700. The summed E-state index contributed by atoms with van der Waals surface area (Å²) in [7, 11) is 0. The van der Waals surface area contributed by atoms with E-state index in [-0.39, 0.29) is 19.6 Å². The SMILES string of the molecule is CCOC(=O)C(C[C@H]1c2[nH]c3ccc(Cl)cc3c2CCN1C(=O)OC(C)(C)C)C(=O)OCC. The number of amides is 1. The van der Waals surface area contributed by atoms with Crippen LogP contribution in [-0.4, -0.2) is 53.3 Å². The van der Waals surface area contributed by atoms with E-state index < -0.39 is 35.6 Å². The summed E-state index contributed by atoms with van der Waals surface area (Å²) in [6.45, 7) is 9.35. The molecule has 0 radical (unpaired) electrons. The normalized spacial score (nSPS) is 16.0. The van der Waals surface area contributed by atoms with Gasteiger partial charge in [0.2, 0.25) is 0 Å². The predicted octanol–water partition coefficient (Wildman–Crippen LogP) is 4.79. The van der Waals surface area contributed by atoms with Crippen LogP contribution in [0.15, 0.2) is 18.2 Å². The Hall–Kier alpha value is -2.74. The maximum atomic E-state index is 13.1. The number of halogens is 1. The molecule has 1 aliphatic heterocycles. The van der Waals surface area contributed by atoms with Crippen molar-refractivity contribution in [2.45, 2.75) is 59.1 Å². The van der Waals surface area contributed by atoms with E-state index in [1.54, 1.807) is 45.6 Å². The van der Waals surface area contributed by atoms with Crippen molar-refractivity contribution in [3.8, 4) is 0 Å². The van der Waals surface area contributed by atoms with Crippen molar-refractivity contribution >= 4 is 40.5 Å². The third-order valence-electron chi connectivity index (χ3n) is 5.44. The fourth-order valence-electron chi connectivity index (χ4n) is 4.12. The molecule has 180 valence electrons. The minimum atomic E-state index is -1.18. The molecule has 0 saturated heterocycles. The van der Waals surface area contributed by atoms with Gasteiger partial charge in [0.25, 0.3) is 0 Å². The van der Waals surface area contributed by atoms with Crippen LogP contribution >= 0.6 is 11.6 Å². The summed E-state index contributed by atoms with van der Waals surface area (Å²) < 4.78 is 15.9. The number of fused-ring (bicyclic) bond motifs is 3. The summed E-state index contributed by atoms with van der Waals surface area (Å²) in [5.74, 6) is -2.53. The molecular formula is C24H31ClN2O6. The zero-order chi connectivity index (χ0) is 24.3. The Labute approximate surface area is 198 Å². The van der Waals surface area contributed by atoms with Gasteiger partial charge < -0.3 is 19.2 Å². The second-order valence-electron chi connectivity index (χ2n) is 8.94. The molecule has 8 nitrogen and oxygen atoms in total. The Balaban J connectivity index is 2.06. The summed E-state index contributed by atoms with van der Waals surface area (Å²) in [4.78, 5) is 43.4. The fraction of sp³-hybridized carbons (Fsp3) is 0.542. The van der Waals surface area contributed by atoms with Crippen LogP contribution in [0, 0.1) is 5.92 Å². The quantitative estimate of drug-likeness (QED) is 0.364. The van der Waals surface area contributed by atoms with Crippen molar-refractivity contribution in [1.29, 1.82) is 0 Å². The van der Waals surface area contributed by atoms with Crippen LogP contribution in [0.5, 0.6) is 0 Å². The van der Waals surface area contributed by atoms with Gasteiger partial charge in [0, 0.05) is 28.2 Å². The first-order valence-electron chi connectivity index (χ1n) is 11.2. The van der Waals surface area contributed by atoms with Crippen LogP contribution in [0.3, 0.4) is 0 Å². The monoisotopic (exact) mass is 478 g/mol. The van der Waals surface area contributed by atoms with Crippen LogP contribution in [0.25, 0.3) is 10.9 Å². The third-order valence-corrected chi connectivity index (χ3v) is 5.68. The van der Waals surface area contributed by atoms with Gasteiger partial charge >= 0.3 is 18.0 Å². The molecule has 1 aromatic carbocycles. The molecule has 0 unspecified atom stereocenters. The highest BCUT2D eigenvalue weighted by Crippen LogP contribution is 2.39. The standard InChI is InChI=1S/C24H31ClN2O6/c1-6-31-21(28)17(22(29)32-7-2)13-19-20-15(16-12-14(25)8-9-18(16)26-20)10-11-27(19)23(30)33-24(3,4)5/h8-9,12,17,19,26H,6-7,10-11,13H2,1-5H3/t19-/m0/s1. The minimum absolute atomic E-state index is 0.00443. The molecule has 2 aromatic rings. The minimum Gasteiger partial charge on any atom is -0.465 e. The highest BCUT2D eigenvalue weighted by Gasteiger charge is 2.41. The number of hydrogen-bond donors (Lipinski definition) is 1. The van der Waals surface area contributed by atoms with E-state index in [4.69, 9.17) is 25.8 Å². The number of rotatable bonds is 6. The number of aromatic amines is 1. The van der Waals surface area contributed by atoms with E-state index in [1.165, 1.54) is 0 Å². The highest BCUT2D eigenvalue weighted by molar-refractivity contribution is 6.31. The lowest BCUT2D eigenvalue weighted by Gasteiger charge is -2.37. The number of H-pyrrole nitrogens is 1. The Morgan fingerprint density at radius 3 is 2.36 bits per heavy atom. The number of benzene rings is 1. The predicted molar refractivity (Wildman–Crippen MR) is 124 cm³/mol. The van der Waals surface area contributed by atoms with Crippen molar-refractivity contribution in [3.63, 3.8) is 0 Å². The van der Waals surface area contributed by atoms with Gasteiger partial charge in [-0.1, -0.05) is 11.6 Å². The average molecular weight is 479 g/mol. The van der Waals surface area contributed by atoms with Gasteiger partial charge in [-0.15, -0.1) is 0 Å². The molecule has 0 fully saturated rings. The number of carbonyl (C=O) groups is 3. The maximum Gasteiger partial charge on any atom is 0.410 e. The molecule has 3 rings (SSSR count). The van der Waals surface area contributed by atoms with Crippen LogP contribution < -0.4 is 0 Å². The second-order valence-corrected chi connectivity index (χ2v) is 9.38. The van der Waals surface area contributed by atoms with E-state index in [0.717, 1.165) is 22.2 Å². The van der Waals surface area contributed by atoms with Gasteiger partial charge in [0.05, 0.1) is 19.3 Å². The van der Waals surface area contributed by atoms with Gasteiger partial charge in [-0.2, -0.15) is 0 Å². The Morgan fingerprint density at radius 2 is 1.79 bits per heavy atom. The van der Waals surface area contributed by atoms with E-state index in [0.29, 0.717) is 18.0 Å². The lowest BCUT2D eigenvalue weighted by molar-refractivity contribution is -0.162. The highest BCUT2D eigenvalue weighted by atomic mass is 35.5. The molecule has 0 bridgehead atoms. The van der Waals surface area contributed by atoms with Gasteiger partial charge in [0.15, 0.2) is 5.92 Å². The van der Waals surface area contributed by atoms with Crippen molar-refractivity contribution in [3.05, 3.63) is 34.5 Å². The first-order chi connectivity index (χ1) is 15.6. The first kappa shape index (κ1) is 24.9. The number of aromatic nitrogens is 1. The van der Waals surface area contributed by atoms with E-state index in [1.807, 2.05) is 12.1 Å². The first-order valence-corrected chi connectivity index (χ1v) is 11.6. The van der Waals surface area contributed by atoms with Crippen molar-refractivity contribution in [2.75, 3.05) is 19.8 Å². The molecule has 9 heteroatoms. The molecule has 1 aromatic heterocycles. The Kier molecular flexibility index (Phi) is 7.57. The number of carbonyl (C=O) groups excluding carboxylic acids is 3. The number of ether oxygens (including phenoxy) is 3. The Morgan fingerprint density at radius 1 is 1.15 bits per heavy atom. The van der Waals surface area contributed by atoms with Gasteiger partial charge in [-0.05, 0) is 71.2 Å². The molecule has 1 amide bonds. The van der Waals surface area contributed by atoms with E-state index in [9.17, 15) is 14.4 Å². The molecular weight excluding hydrogens is 448 g/mol. The van der Waals surface area contributed by atoms with Crippen LogP contribution in [0.4, 0.5) is 4.79 Å². The average Bonchev–Trinajstić information content (AvgIpc) is 3.09. The van der Waals surface area contributed by atoms with Gasteiger partial charge in [-0.25, -0.2) is 4.79 Å². The molecule has 33 heavy (non-hydrogen) atoms. The summed E-state index contributed by atoms with van der Waals surface area (Å²) in [6, 6.07) is 4.92. The number of esters is 2. The molecule has 0 saturated carbocycles. The zero-order valence-corrected chi connectivity index (χ0v) is 20.5. The summed E-state index contributed by atoms with van der Waals surface area (Å²) in [5, 5.41) is 1.56. The second kappa shape index (κ2) is 10.0. The lowest BCUT2D eigenvalue weighted by atomic mass is 9.90. The third kappa shape index (κ3) is 5.61. The van der Waals surface area contributed by atoms with Crippen LogP contribution in [0.2, 0.25) is 5.02 Å². The van der Waals surface area contributed by atoms with Crippen LogP contribution in [0.1, 0.15) is 58.3 Å². The Bertz CT molecular complexity index is 1020. The maximum absolute atomic E-state index is 13.1. The van der Waals surface area contributed by atoms with Gasteiger partial charge in [-0.3, -0.25) is 14.5 Å². The van der Waals surface area contributed by atoms with Crippen molar-refractivity contribution < 1.29 is 28.6 Å². The summed E-state index contributed by atoms with van der Waals surface area (Å²) in [5.41, 5.74) is 1.92. The molecule has 1 atom stereocenters. The molecule has 0 spiro atoms. The topological polar surface area (TPSA) is 97.9 Å². The molecule has 1 aliphatic rings. The fourth-order valence-corrected chi connectivity index (χ4v) is 4.29. The van der Waals surface area contributed by atoms with Crippen LogP contribution in [-0.2, 0) is 30.2 Å². The van der Waals surface area contributed by atoms with Crippen molar-refractivity contribution in [1.82, 2.24) is 9.88 Å². The van der Waals surface area contributed by atoms with E-state index >= 15 is 0 Å². The van der Waals surface area contributed by atoms with Crippen molar-refractivity contribution in [2.24, 2.45) is 5.92 Å². The van der Waals surface area contributed by atoms with Gasteiger partial charge in [0.1, 0.15) is 5.60 Å². The summed E-state index contributed by atoms with van der Waals surface area (Å²) >= 11 is 6.22. The smallest absolute Gasteiger partial charge is 0.410 e. The molecule has 1 N–H and O–H groups in total. The van der Waals surface area contributed by atoms with E-state index in [2.05, 4.69) is 4.98 Å². The molecule has 2 heterocycles. The number of nitrogens with one attached hydrogen (secondary N) is 1.